The summed E-state index contributed by atoms with van der Waals surface area (Å²) >= 11 is 0.553. The van der Waals surface area contributed by atoms with Crippen LogP contribution in [-0.4, -0.2) is 5.11 Å². The number of rotatable bonds is 3. The molecule has 0 aliphatic heterocycles. The van der Waals surface area contributed by atoms with Crippen LogP contribution in [0.25, 0.3) is 0 Å². The second-order valence-electron chi connectivity index (χ2n) is 3.84. The summed E-state index contributed by atoms with van der Waals surface area (Å²) in [6, 6.07) is 19.9. The molecule has 0 saturated heterocycles. The summed E-state index contributed by atoms with van der Waals surface area (Å²) in [5.74, 6) is 0. The summed E-state index contributed by atoms with van der Waals surface area (Å²) in [4.78, 5) is 0. The van der Waals surface area contributed by atoms with Gasteiger partial charge >= 0.3 is 113 Å². The van der Waals surface area contributed by atoms with Crippen molar-refractivity contribution in [3.63, 3.8) is 0 Å². The van der Waals surface area contributed by atoms with Crippen molar-refractivity contribution < 1.29 is 31.2 Å². The number of hydrogen-bond donors (Lipinski definition) is 1. The van der Waals surface area contributed by atoms with E-state index in [1.807, 2.05) is 60.7 Å². The normalized spacial score (nSPS) is 11.4. The van der Waals surface area contributed by atoms with E-state index in [4.69, 9.17) is 0 Å². The molecular formula is C14H13HgO. The van der Waals surface area contributed by atoms with Gasteiger partial charge in [-0.15, -0.1) is 0 Å². The van der Waals surface area contributed by atoms with Crippen LogP contribution in [0.5, 0.6) is 0 Å². The number of benzene rings is 2. The van der Waals surface area contributed by atoms with Crippen LogP contribution in [0.1, 0.15) is 11.1 Å². The van der Waals surface area contributed by atoms with Crippen molar-refractivity contribution in [1.82, 2.24) is 0 Å². The molecule has 0 amide bonds. The molecule has 1 nitrogen and oxygen atoms in total. The summed E-state index contributed by atoms with van der Waals surface area (Å²) in [6.07, 6.45) is 0. The zero-order valence-electron chi connectivity index (χ0n) is 9.13. The van der Waals surface area contributed by atoms with E-state index in [1.54, 1.807) is 0 Å². The fraction of sp³-hybridized carbons (Fsp3) is 0.143. The van der Waals surface area contributed by atoms with Crippen molar-refractivity contribution >= 4 is 0 Å². The van der Waals surface area contributed by atoms with Crippen molar-refractivity contribution in [2.75, 3.05) is 0 Å². The van der Waals surface area contributed by atoms with E-state index in [9.17, 15) is 5.11 Å². The Hall–Kier alpha value is -0.665. The average molecular weight is 398 g/mol. The Morgan fingerprint density at radius 3 is 1.50 bits per heavy atom. The Kier molecular flexibility index (Phi) is 3.77. The Labute approximate surface area is 112 Å². The van der Waals surface area contributed by atoms with Crippen molar-refractivity contribution in [3.8, 4) is 0 Å². The average Bonchev–Trinajstić information content (AvgIpc) is 2.40. The fourth-order valence-corrected chi connectivity index (χ4v) is 4.13. The van der Waals surface area contributed by atoms with Gasteiger partial charge in [0.2, 0.25) is 0 Å². The molecule has 2 rings (SSSR count). The summed E-state index contributed by atoms with van der Waals surface area (Å²) < 4.78 is 0.862. The Bertz CT molecular complexity index is 399. The van der Waals surface area contributed by atoms with Gasteiger partial charge in [-0.05, 0) is 0 Å². The van der Waals surface area contributed by atoms with Crippen LogP contribution in [0.15, 0.2) is 60.7 Å². The van der Waals surface area contributed by atoms with Crippen LogP contribution < -0.4 is 0 Å². The van der Waals surface area contributed by atoms with Gasteiger partial charge in [-0.3, -0.25) is 0 Å². The van der Waals surface area contributed by atoms with Crippen molar-refractivity contribution in [1.29, 1.82) is 0 Å². The van der Waals surface area contributed by atoms with Crippen LogP contribution in [0.3, 0.4) is 0 Å². The van der Waals surface area contributed by atoms with Crippen molar-refractivity contribution in [2.24, 2.45) is 0 Å². The van der Waals surface area contributed by atoms with Crippen LogP contribution in [0, 0.1) is 0 Å². The summed E-state index contributed by atoms with van der Waals surface area (Å²) in [7, 11) is 0. The van der Waals surface area contributed by atoms with E-state index in [0.29, 0.717) is 26.1 Å². The predicted molar refractivity (Wildman–Crippen MR) is 60.7 cm³/mol. The third kappa shape index (κ3) is 2.20. The molecule has 2 heteroatoms. The minimum absolute atomic E-state index is 0.553. The van der Waals surface area contributed by atoms with E-state index in [-0.39, 0.29) is 0 Å². The number of aliphatic hydroxyl groups is 1. The molecular weight excluding hydrogens is 385 g/mol. The fourth-order valence-electron chi connectivity index (χ4n) is 1.88. The molecule has 0 bridgehead atoms. The van der Waals surface area contributed by atoms with E-state index < -0.39 is 5.60 Å². The summed E-state index contributed by atoms with van der Waals surface area (Å²) in [5.41, 5.74) is 1.21. The predicted octanol–water partition coefficient (Wildman–Crippen LogP) is 2.89. The maximum atomic E-state index is 10.8. The Morgan fingerprint density at radius 2 is 1.19 bits per heavy atom. The van der Waals surface area contributed by atoms with E-state index >= 15 is 0 Å². The molecule has 1 N–H and O–H groups in total. The molecule has 0 unspecified atom stereocenters. The SMILES string of the molecule is OC([CH2][Hg])(c1ccccc1)c1ccccc1. The maximum absolute atomic E-state index is 10.8. The second-order valence-corrected chi connectivity index (χ2v) is 5.79. The van der Waals surface area contributed by atoms with Gasteiger partial charge in [0.15, 0.2) is 0 Å². The van der Waals surface area contributed by atoms with Crippen LogP contribution in [0.2, 0.25) is 3.93 Å². The minimum atomic E-state index is -0.786. The molecule has 0 heterocycles. The third-order valence-electron chi connectivity index (χ3n) is 2.86. The molecule has 0 aliphatic rings. The molecule has 0 aliphatic carbocycles. The van der Waals surface area contributed by atoms with Gasteiger partial charge in [-0.25, -0.2) is 0 Å². The molecule has 77 valence electrons. The van der Waals surface area contributed by atoms with Crippen LogP contribution >= 0.6 is 0 Å². The first kappa shape index (κ1) is 11.8. The third-order valence-corrected chi connectivity index (χ3v) is 5.68. The Morgan fingerprint density at radius 1 is 0.812 bits per heavy atom. The van der Waals surface area contributed by atoms with Crippen molar-refractivity contribution in [2.45, 2.75) is 9.53 Å². The molecule has 0 aromatic heterocycles. The first-order chi connectivity index (χ1) is 7.77. The van der Waals surface area contributed by atoms with Crippen molar-refractivity contribution in [3.05, 3.63) is 71.8 Å². The zero-order valence-corrected chi connectivity index (χ0v) is 14.6. The zero-order chi connectivity index (χ0) is 11.4. The van der Waals surface area contributed by atoms with Gasteiger partial charge < -0.3 is 0 Å². The van der Waals surface area contributed by atoms with Gasteiger partial charge in [0.05, 0.1) is 0 Å². The van der Waals surface area contributed by atoms with Crippen LogP contribution in [0.4, 0.5) is 0 Å². The monoisotopic (exact) mass is 399 g/mol. The molecule has 0 fully saturated rings. The molecule has 0 spiro atoms. The molecule has 2 aromatic carbocycles. The Balaban J connectivity index is 2.49. The van der Waals surface area contributed by atoms with Gasteiger partial charge in [-0.2, -0.15) is 0 Å². The standard InChI is InChI=1S/C14H13O.Hg/c1-14(15,12-8-4-2-5-9-12)13-10-6-3-7-11-13;/h2-11,15H,1H2;. The van der Waals surface area contributed by atoms with Gasteiger partial charge in [-0.1, -0.05) is 0 Å². The molecule has 2 aromatic rings. The number of hydrogen-bond acceptors (Lipinski definition) is 1. The second kappa shape index (κ2) is 5.11. The molecule has 16 heavy (non-hydrogen) atoms. The molecule has 0 radical (unpaired) electrons. The van der Waals surface area contributed by atoms with Gasteiger partial charge in [0, 0.05) is 0 Å². The molecule has 0 atom stereocenters. The topological polar surface area (TPSA) is 20.2 Å². The first-order valence-electron chi connectivity index (χ1n) is 5.40. The summed E-state index contributed by atoms with van der Waals surface area (Å²) in [5, 5.41) is 10.8. The van der Waals surface area contributed by atoms with E-state index in [2.05, 4.69) is 0 Å². The van der Waals surface area contributed by atoms with Gasteiger partial charge in [0.1, 0.15) is 0 Å². The molecule has 0 saturated carbocycles. The first-order valence-corrected chi connectivity index (χ1v) is 9.29. The van der Waals surface area contributed by atoms with Crippen LogP contribution in [-0.2, 0) is 31.7 Å². The quantitative estimate of drug-likeness (QED) is 0.790. The van der Waals surface area contributed by atoms with E-state index in [1.165, 1.54) is 0 Å². The summed E-state index contributed by atoms with van der Waals surface area (Å²) in [6.45, 7) is 0. The van der Waals surface area contributed by atoms with E-state index in [0.717, 1.165) is 15.1 Å². The van der Waals surface area contributed by atoms with Gasteiger partial charge in [0.25, 0.3) is 0 Å².